The zero-order valence-electron chi connectivity index (χ0n) is 15.7. The Morgan fingerprint density at radius 2 is 1.79 bits per heavy atom. The number of ether oxygens (including phenoxy) is 1. The van der Waals surface area contributed by atoms with Crippen LogP contribution in [0, 0.1) is 5.92 Å². The van der Waals surface area contributed by atoms with Crippen LogP contribution in [-0.4, -0.2) is 68.0 Å². The van der Waals surface area contributed by atoms with E-state index in [-0.39, 0.29) is 6.10 Å². The number of aliphatic carboxylic acids is 2. The lowest BCUT2D eigenvalue weighted by Crippen LogP contribution is -2.52. The Labute approximate surface area is 167 Å². The van der Waals surface area contributed by atoms with E-state index in [1.807, 2.05) is 24.3 Å². The summed E-state index contributed by atoms with van der Waals surface area (Å²) in [4.78, 5) is 25.7. The molecule has 0 saturated carbocycles. The Morgan fingerprint density at radius 3 is 2.28 bits per heavy atom. The number of hydrogen-bond acceptors (Lipinski definition) is 7. The zero-order chi connectivity index (χ0) is 20.6. The number of hydrogen-bond donors (Lipinski definition) is 2. The summed E-state index contributed by atoms with van der Waals surface area (Å²) in [5.41, 5.74) is 1.80. The normalized spacial score (nSPS) is 22.6. The van der Waals surface area contributed by atoms with Gasteiger partial charge in [0.05, 0.1) is 5.69 Å². The van der Waals surface area contributed by atoms with Crippen LogP contribution in [0.5, 0.6) is 5.88 Å². The number of fused-ring (bicyclic) bond motifs is 3. The lowest BCUT2D eigenvalue weighted by Gasteiger charge is -2.44. The molecule has 2 aromatic rings. The van der Waals surface area contributed by atoms with Crippen LogP contribution in [0.15, 0.2) is 48.8 Å². The predicted molar refractivity (Wildman–Crippen MR) is 103 cm³/mol. The summed E-state index contributed by atoms with van der Waals surface area (Å²) in [5.74, 6) is -1.21. The highest BCUT2D eigenvalue weighted by molar-refractivity contribution is 5.89. The molecule has 2 bridgehead atoms. The Hall–Kier alpha value is -3.33. The lowest BCUT2D eigenvalue weighted by molar-refractivity contribution is -0.134. The third kappa shape index (κ3) is 6.08. The van der Waals surface area contributed by atoms with Crippen LogP contribution in [0.25, 0.3) is 11.3 Å². The van der Waals surface area contributed by atoms with E-state index in [4.69, 9.17) is 14.9 Å². The summed E-state index contributed by atoms with van der Waals surface area (Å²) in [6, 6.07) is 7.73. The zero-order valence-corrected chi connectivity index (χ0v) is 15.7. The molecule has 9 nitrogen and oxygen atoms in total. The standard InChI is InChI=1S/C16H18N4O.C4H4O4/c1-2-13(10-17-7-1)14-3-4-16(19-18-14)21-15-11-20-8-5-12(15)6-9-20;5-3(6)1-2-4(7)8/h1-4,7,10,12,15H,5-6,8-9,11H2;1-2H,(H,5,6)(H,7,8)/b;2-1+. The van der Waals surface area contributed by atoms with Gasteiger partial charge in [-0.15, -0.1) is 10.2 Å². The van der Waals surface area contributed by atoms with Gasteiger partial charge in [-0.3, -0.25) is 9.88 Å². The van der Waals surface area contributed by atoms with Gasteiger partial charge in [-0.25, -0.2) is 9.59 Å². The van der Waals surface area contributed by atoms with Crippen molar-refractivity contribution in [2.45, 2.75) is 18.9 Å². The third-order valence-electron chi connectivity index (χ3n) is 4.83. The molecule has 0 spiro atoms. The van der Waals surface area contributed by atoms with Crippen molar-refractivity contribution in [3.8, 4) is 17.1 Å². The van der Waals surface area contributed by atoms with Crippen LogP contribution in [0.2, 0.25) is 0 Å². The summed E-state index contributed by atoms with van der Waals surface area (Å²) >= 11 is 0. The van der Waals surface area contributed by atoms with E-state index >= 15 is 0 Å². The van der Waals surface area contributed by atoms with Gasteiger partial charge in [-0.2, -0.15) is 0 Å². The molecular formula is C20H22N4O5. The second-order valence-electron chi connectivity index (χ2n) is 6.80. The predicted octanol–water partition coefficient (Wildman–Crippen LogP) is 1.72. The van der Waals surface area contributed by atoms with Gasteiger partial charge in [0.1, 0.15) is 6.10 Å². The Balaban J connectivity index is 0.000000258. The number of aromatic nitrogens is 3. The van der Waals surface area contributed by atoms with Gasteiger partial charge in [0.15, 0.2) is 0 Å². The number of pyridine rings is 1. The molecule has 3 saturated heterocycles. The largest absolute Gasteiger partial charge is 0.478 e. The average molecular weight is 398 g/mol. The fraction of sp³-hybridized carbons (Fsp3) is 0.350. The first-order valence-electron chi connectivity index (χ1n) is 9.28. The average Bonchev–Trinajstić information content (AvgIpc) is 2.75. The van der Waals surface area contributed by atoms with Crippen LogP contribution in [0.4, 0.5) is 0 Å². The second kappa shape index (κ2) is 9.74. The summed E-state index contributed by atoms with van der Waals surface area (Å²) in [6.45, 7) is 3.46. The van der Waals surface area contributed by atoms with Crippen LogP contribution >= 0.6 is 0 Å². The highest BCUT2D eigenvalue weighted by Gasteiger charge is 2.35. The van der Waals surface area contributed by atoms with E-state index in [0.717, 1.165) is 17.8 Å². The summed E-state index contributed by atoms with van der Waals surface area (Å²) < 4.78 is 6.05. The summed E-state index contributed by atoms with van der Waals surface area (Å²) in [6.07, 6.45) is 7.41. The van der Waals surface area contributed by atoms with Crippen molar-refractivity contribution >= 4 is 11.9 Å². The molecule has 152 valence electrons. The van der Waals surface area contributed by atoms with Gasteiger partial charge in [-0.1, -0.05) is 0 Å². The smallest absolute Gasteiger partial charge is 0.328 e. The van der Waals surface area contributed by atoms with Crippen molar-refractivity contribution in [3.05, 3.63) is 48.8 Å². The van der Waals surface area contributed by atoms with E-state index in [2.05, 4.69) is 20.1 Å². The van der Waals surface area contributed by atoms with Crippen molar-refractivity contribution < 1.29 is 24.5 Å². The molecule has 5 heterocycles. The van der Waals surface area contributed by atoms with Crippen molar-refractivity contribution in [2.75, 3.05) is 19.6 Å². The molecule has 29 heavy (non-hydrogen) atoms. The first-order chi connectivity index (χ1) is 14.0. The molecule has 3 fully saturated rings. The van der Waals surface area contributed by atoms with Gasteiger partial charge >= 0.3 is 11.9 Å². The van der Waals surface area contributed by atoms with E-state index in [1.54, 1.807) is 12.4 Å². The molecule has 0 aliphatic carbocycles. The van der Waals surface area contributed by atoms with Crippen molar-refractivity contribution in [1.29, 1.82) is 0 Å². The molecule has 3 aliphatic rings. The number of carbonyl (C=O) groups is 2. The van der Waals surface area contributed by atoms with Crippen LogP contribution < -0.4 is 4.74 Å². The number of carboxylic acids is 2. The van der Waals surface area contributed by atoms with Crippen LogP contribution in [-0.2, 0) is 9.59 Å². The van der Waals surface area contributed by atoms with Crippen molar-refractivity contribution in [2.24, 2.45) is 5.92 Å². The van der Waals surface area contributed by atoms with Gasteiger partial charge in [0.2, 0.25) is 5.88 Å². The molecular weight excluding hydrogens is 376 g/mol. The minimum atomic E-state index is -1.26. The van der Waals surface area contributed by atoms with Gasteiger partial charge in [0.25, 0.3) is 0 Å². The number of piperidine rings is 3. The molecule has 3 aliphatic heterocycles. The maximum Gasteiger partial charge on any atom is 0.328 e. The topological polar surface area (TPSA) is 126 Å². The number of nitrogens with zero attached hydrogens (tertiary/aromatic N) is 4. The van der Waals surface area contributed by atoms with E-state index in [9.17, 15) is 9.59 Å². The Kier molecular flexibility index (Phi) is 6.85. The van der Waals surface area contributed by atoms with Gasteiger partial charge in [-0.05, 0) is 50.0 Å². The first-order valence-corrected chi connectivity index (χ1v) is 9.28. The van der Waals surface area contributed by atoms with Crippen molar-refractivity contribution in [3.63, 3.8) is 0 Å². The van der Waals surface area contributed by atoms with Gasteiger partial charge in [0, 0.05) is 42.7 Å². The maximum atomic E-state index is 9.55. The fourth-order valence-corrected chi connectivity index (χ4v) is 3.39. The maximum absolute atomic E-state index is 9.55. The quantitative estimate of drug-likeness (QED) is 0.724. The van der Waals surface area contributed by atoms with Crippen LogP contribution in [0.1, 0.15) is 12.8 Å². The summed E-state index contributed by atoms with van der Waals surface area (Å²) in [7, 11) is 0. The molecule has 9 heteroatoms. The van der Waals surface area contributed by atoms with Crippen molar-refractivity contribution in [1.82, 2.24) is 20.1 Å². The minimum absolute atomic E-state index is 0.269. The highest BCUT2D eigenvalue weighted by atomic mass is 16.5. The fourth-order valence-electron chi connectivity index (χ4n) is 3.39. The molecule has 0 amide bonds. The molecule has 0 aromatic carbocycles. The van der Waals surface area contributed by atoms with Crippen LogP contribution in [0.3, 0.4) is 0 Å². The summed E-state index contributed by atoms with van der Waals surface area (Å²) in [5, 5.41) is 24.1. The number of rotatable bonds is 5. The Bertz CT molecular complexity index is 833. The molecule has 2 aromatic heterocycles. The molecule has 2 N–H and O–H groups in total. The lowest BCUT2D eigenvalue weighted by atomic mass is 9.86. The molecule has 0 radical (unpaired) electrons. The SMILES string of the molecule is O=C(O)/C=C/C(=O)O.c1cncc(-c2ccc(OC3CN4CCC3CC4)nn2)c1. The number of carboxylic acid groups (broad SMARTS) is 2. The highest BCUT2D eigenvalue weighted by Crippen LogP contribution is 2.30. The van der Waals surface area contributed by atoms with E-state index in [0.29, 0.717) is 23.9 Å². The first kappa shape index (κ1) is 20.4. The molecule has 1 unspecified atom stereocenters. The van der Waals surface area contributed by atoms with Gasteiger partial charge < -0.3 is 14.9 Å². The molecule has 1 atom stereocenters. The monoisotopic (exact) mass is 398 g/mol. The third-order valence-corrected chi connectivity index (χ3v) is 4.83. The Morgan fingerprint density at radius 1 is 1.07 bits per heavy atom. The second-order valence-corrected chi connectivity index (χ2v) is 6.80. The minimum Gasteiger partial charge on any atom is -0.478 e. The van der Waals surface area contributed by atoms with E-state index in [1.165, 1.54) is 25.9 Å². The molecule has 5 rings (SSSR count). The van der Waals surface area contributed by atoms with E-state index < -0.39 is 11.9 Å².